The number of hydrogen-bond acceptors (Lipinski definition) is 2. The van der Waals surface area contributed by atoms with E-state index < -0.39 is 0 Å². The van der Waals surface area contributed by atoms with E-state index in [-0.39, 0.29) is 5.75 Å². The predicted octanol–water partition coefficient (Wildman–Crippen LogP) is 3.32. The molecular weight excluding hydrogens is 244 g/mol. The summed E-state index contributed by atoms with van der Waals surface area (Å²) in [5.74, 6) is 1.01. The van der Waals surface area contributed by atoms with Crippen LogP contribution in [0.15, 0.2) is 34.8 Å². The summed E-state index contributed by atoms with van der Waals surface area (Å²) in [4.78, 5) is 0. The third kappa shape index (κ3) is 1.34. The summed E-state index contributed by atoms with van der Waals surface area (Å²) in [6.07, 6.45) is 0. The Balaban J connectivity index is 2.89. The molecule has 0 fully saturated rings. The molecule has 0 amide bonds. The maximum atomic E-state index is 9.78. The quantitative estimate of drug-likeness (QED) is 0.844. The van der Waals surface area contributed by atoms with Crippen molar-refractivity contribution in [1.82, 2.24) is 0 Å². The van der Waals surface area contributed by atoms with E-state index in [1.807, 2.05) is 24.3 Å². The lowest BCUT2D eigenvalue weighted by molar-refractivity contribution is 0.417. The molecule has 72 valence electrons. The topological polar surface area (TPSA) is 29.5 Å². The van der Waals surface area contributed by atoms with Crippen LogP contribution in [0.1, 0.15) is 0 Å². The van der Waals surface area contributed by atoms with Gasteiger partial charge in [0.1, 0.15) is 11.5 Å². The van der Waals surface area contributed by atoms with Crippen LogP contribution in [0.4, 0.5) is 0 Å². The fourth-order valence-corrected chi connectivity index (χ4v) is 1.88. The van der Waals surface area contributed by atoms with Crippen molar-refractivity contribution in [1.29, 1.82) is 0 Å². The molecule has 0 spiro atoms. The van der Waals surface area contributed by atoms with Gasteiger partial charge in [0.15, 0.2) is 0 Å². The Labute approximate surface area is 90.3 Å². The highest BCUT2D eigenvalue weighted by molar-refractivity contribution is 9.10. The van der Waals surface area contributed by atoms with Gasteiger partial charge in [-0.3, -0.25) is 0 Å². The first-order valence-electron chi connectivity index (χ1n) is 4.18. The summed E-state index contributed by atoms with van der Waals surface area (Å²) in [6.45, 7) is 0. The van der Waals surface area contributed by atoms with Crippen molar-refractivity contribution >= 4 is 26.7 Å². The van der Waals surface area contributed by atoms with Crippen molar-refractivity contribution in [3.63, 3.8) is 0 Å². The van der Waals surface area contributed by atoms with Crippen LogP contribution < -0.4 is 4.74 Å². The maximum absolute atomic E-state index is 9.78. The normalized spacial score (nSPS) is 10.4. The fraction of sp³-hybridized carbons (Fsp3) is 0.0909. The third-order valence-electron chi connectivity index (χ3n) is 2.15. The van der Waals surface area contributed by atoms with Crippen LogP contribution in [-0.2, 0) is 0 Å². The van der Waals surface area contributed by atoms with E-state index >= 15 is 0 Å². The Bertz CT molecular complexity index is 480. The smallest absolute Gasteiger partial charge is 0.137 e. The SMILES string of the molecule is COc1cc(Br)c(O)c2ccccc12. The lowest BCUT2D eigenvalue weighted by Crippen LogP contribution is -1.85. The van der Waals surface area contributed by atoms with Crippen molar-refractivity contribution in [3.8, 4) is 11.5 Å². The van der Waals surface area contributed by atoms with Gasteiger partial charge in [-0.05, 0) is 22.0 Å². The van der Waals surface area contributed by atoms with E-state index in [0.717, 1.165) is 16.5 Å². The van der Waals surface area contributed by atoms with Crippen LogP contribution in [0.2, 0.25) is 0 Å². The van der Waals surface area contributed by atoms with Crippen LogP contribution in [0, 0.1) is 0 Å². The molecule has 0 aliphatic rings. The number of methoxy groups -OCH3 is 1. The Morgan fingerprint density at radius 1 is 1.21 bits per heavy atom. The zero-order valence-electron chi connectivity index (χ0n) is 7.62. The van der Waals surface area contributed by atoms with Gasteiger partial charge in [-0.15, -0.1) is 0 Å². The summed E-state index contributed by atoms with van der Waals surface area (Å²) in [7, 11) is 1.62. The average Bonchev–Trinajstić information content (AvgIpc) is 2.23. The van der Waals surface area contributed by atoms with Gasteiger partial charge in [-0.25, -0.2) is 0 Å². The minimum absolute atomic E-state index is 0.251. The number of rotatable bonds is 1. The fourth-order valence-electron chi connectivity index (χ4n) is 1.46. The Morgan fingerprint density at radius 3 is 2.50 bits per heavy atom. The monoisotopic (exact) mass is 252 g/mol. The second kappa shape index (κ2) is 3.50. The second-order valence-electron chi connectivity index (χ2n) is 2.95. The van der Waals surface area contributed by atoms with Gasteiger partial charge in [-0.1, -0.05) is 24.3 Å². The third-order valence-corrected chi connectivity index (χ3v) is 2.76. The molecule has 0 saturated carbocycles. The number of hydrogen-bond donors (Lipinski definition) is 1. The van der Waals surface area contributed by atoms with Gasteiger partial charge in [0.05, 0.1) is 11.6 Å². The van der Waals surface area contributed by atoms with Crippen LogP contribution in [-0.4, -0.2) is 12.2 Å². The first-order valence-corrected chi connectivity index (χ1v) is 4.97. The second-order valence-corrected chi connectivity index (χ2v) is 3.81. The van der Waals surface area contributed by atoms with E-state index in [2.05, 4.69) is 15.9 Å². The number of aromatic hydroxyl groups is 1. The molecule has 0 bridgehead atoms. The Hall–Kier alpha value is -1.22. The molecule has 14 heavy (non-hydrogen) atoms. The lowest BCUT2D eigenvalue weighted by atomic mass is 10.1. The first kappa shape index (κ1) is 9.34. The number of halogens is 1. The minimum Gasteiger partial charge on any atom is -0.506 e. The molecule has 2 rings (SSSR count). The molecule has 0 atom stereocenters. The van der Waals surface area contributed by atoms with Crippen molar-refractivity contribution in [2.24, 2.45) is 0 Å². The van der Waals surface area contributed by atoms with Crippen LogP contribution in [0.3, 0.4) is 0 Å². The molecule has 2 aromatic carbocycles. The van der Waals surface area contributed by atoms with Gasteiger partial charge in [0, 0.05) is 10.8 Å². The van der Waals surface area contributed by atoms with Gasteiger partial charge in [0.2, 0.25) is 0 Å². The highest BCUT2D eigenvalue weighted by Gasteiger charge is 2.08. The van der Waals surface area contributed by atoms with Gasteiger partial charge in [0.25, 0.3) is 0 Å². The Morgan fingerprint density at radius 2 is 1.86 bits per heavy atom. The molecule has 0 radical (unpaired) electrons. The van der Waals surface area contributed by atoms with Crippen molar-refractivity contribution in [2.45, 2.75) is 0 Å². The zero-order valence-corrected chi connectivity index (χ0v) is 9.21. The van der Waals surface area contributed by atoms with Crippen LogP contribution in [0.5, 0.6) is 11.5 Å². The Kier molecular flexibility index (Phi) is 2.33. The average molecular weight is 253 g/mol. The molecule has 2 aromatic rings. The standard InChI is InChI=1S/C11H9BrO2/c1-14-10-6-9(12)11(13)8-5-3-2-4-7(8)10/h2-6,13H,1H3. The molecule has 2 nitrogen and oxygen atoms in total. The van der Waals surface area contributed by atoms with E-state index in [9.17, 15) is 5.11 Å². The number of ether oxygens (including phenoxy) is 1. The molecule has 1 N–H and O–H groups in total. The predicted molar refractivity (Wildman–Crippen MR) is 59.9 cm³/mol. The van der Waals surface area contributed by atoms with Crippen molar-refractivity contribution in [2.75, 3.05) is 7.11 Å². The van der Waals surface area contributed by atoms with E-state index in [0.29, 0.717) is 4.47 Å². The lowest BCUT2D eigenvalue weighted by Gasteiger charge is -2.08. The number of phenols is 1. The van der Waals surface area contributed by atoms with Crippen molar-refractivity contribution in [3.05, 3.63) is 34.8 Å². The molecule has 0 aliphatic heterocycles. The molecule has 0 aliphatic carbocycles. The summed E-state index contributed by atoms with van der Waals surface area (Å²) in [5.41, 5.74) is 0. The molecule has 0 saturated heterocycles. The number of benzene rings is 2. The highest BCUT2D eigenvalue weighted by Crippen LogP contribution is 2.38. The minimum atomic E-state index is 0.251. The van der Waals surface area contributed by atoms with E-state index in [4.69, 9.17) is 4.74 Å². The van der Waals surface area contributed by atoms with E-state index in [1.165, 1.54) is 0 Å². The van der Waals surface area contributed by atoms with Gasteiger partial charge >= 0.3 is 0 Å². The highest BCUT2D eigenvalue weighted by atomic mass is 79.9. The molecular formula is C11H9BrO2. The van der Waals surface area contributed by atoms with E-state index in [1.54, 1.807) is 13.2 Å². The summed E-state index contributed by atoms with van der Waals surface area (Å²) < 4.78 is 5.87. The summed E-state index contributed by atoms with van der Waals surface area (Å²) >= 11 is 3.28. The van der Waals surface area contributed by atoms with Gasteiger partial charge < -0.3 is 9.84 Å². The summed E-state index contributed by atoms with van der Waals surface area (Å²) in [6, 6.07) is 9.34. The number of fused-ring (bicyclic) bond motifs is 1. The van der Waals surface area contributed by atoms with Crippen LogP contribution in [0.25, 0.3) is 10.8 Å². The maximum Gasteiger partial charge on any atom is 0.137 e. The molecule has 0 heterocycles. The molecule has 0 unspecified atom stereocenters. The first-order chi connectivity index (χ1) is 6.74. The molecule has 0 aromatic heterocycles. The van der Waals surface area contributed by atoms with Gasteiger partial charge in [-0.2, -0.15) is 0 Å². The zero-order chi connectivity index (χ0) is 10.1. The molecule has 3 heteroatoms. The summed E-state index contributed by atoms with van der Waals surface area (Å²) in [5, 5.41) is 11.5. The van der Waals surface area contributed by atoms with Crippen molar-refractivity contribution < 1.29 is 9.84 Å². The van der Waals surface area contributed by atoms with Crippen LogP contribution >= 0.6 is 15.9 Å². The largest absolute Gasteiger partial charge is 0.506 e. The number of phenolic OH excluding ortho intramolecular Hbond substituents is 1.